The van der Waals surface area contributed by atoms with Crippen LogP contribution in [0.25, 0.3) is 0 Å². The number of methoxy groups -OCH3 is 1. The van der Waals surface area contributed by atoms with E-state index in [0.29, 0.717) is 12.3 Å². The molecule has 0 aliphatic heterocycles. The monoisotopic (exact) mass is 447 g/mol. The number of phenols is 1. The Balaban J connectivity index is 0.00000288. The normalized spacial score (nSPS) is 13.8. The van der Waals surface area contributed by atoms with Crippen molar-refractivity contribution in [3.05, 3.63) is 28.8 Å². The number of aryl methyl sites for hydroxylation is 1. The highest BCUT2D eigenvalue weighted by atomic mass is 127. The zero-order valence-corrected chi connectivity index (χ0v) is 17.1. The highest BCUT2D eigenvalue weighted by Crippen LogP contribution is 2.30. The Bertz CT molecular complexity index is 535. The van der Waals surface area contributed by atoms with Gasteiger partial charge in [-0.25, -0.2) is 4.99 Å². The van der Waals surface area contributed by atoms with Crippen LogP contribution in [0.5, 0.6) is 5.75 Å². The van der Waals surface area contributed by atoms with E-state index in [0.717, 1.165) is 50.5 Å². The molecule has 6 heteroatoms. The average molecular weight is 447 g/mol. The van der Waals surface area contributed by atoms with Crippen LogP contribution in [-0.4, -0.2) is 37.9 Å². The van der Waals surface area contributed by atoms with E-state index in [2.05, 4.69) is 21.7 Å². The summed E-state index contributed by atoms with van der Waals surface area (Å²) in [5, 5.41) is 16.8. The van der Waals surface area contributed by atoms with Crippen LogP contribution in [0.1, 0.15) is 42.9 Å². The Labute approximate surface area is 162 Å². The highest BCUT2D eigenvalue weighted by Gasteiger charge is 2.16. The van der Waals surface area contributed by atoms with Crippen LogP contribution in [0.4, 0.5) is 0 Å². The lowest BCUT2D eigenvalue weighted by Crippen LogP contribution is -2.38. The van der Waals surface area contributed by atoms with E-state index < -0.39 is 0 Å². The Morgan fingerprint density at radius 1 is 1.25 bits per heavy atom. The molecule has 1 aromatic carbocycles. The van der Waals surface area contributed by atoms with Crippen molar-refractivity contribution < 1.29 is 9.84 Å². The predicted molar refractivity (Wildman–Crippen MR) is 109 cm³/mol. The molecule has 0 bridgehead atoms. The van der Waals surface area contributed by atoms with Gasteiger partial charge in [-0.15, -0.1) is 24.0 Å². The van der Waals surface area contributed by atoms with Crippen molar-refractivity contribution in [1.29, 1.82) is 0 Å². The van der Waals surface area contributed by atoms with Crippen molar-refractivity contribution in [3.8, 4) is 5.75 Å². The number of rotatable bonds is 7. The third-order valence-corrected chi connectivity index (χ3v) is 4.18. The fraction of sp³-hybridized carbons (Fsp3) is 0.611. The maximum absolute atomic E-state index is 10.2. The minimum Gasteiger partial charge on any atom is -0.508 e. The van der Waals surface area contributed by atoms with Gasteiger partial charge in [-0.05, 0) is 56.2 Å². The number of benzene rings is 1. The molecule has 0 amide bonds. The van der Waals surface area contributed by atoms with Crippen LogP contribution in [0.3, 0.4) is 0 Å². The van der Waals surface area contributed by atoms with Crippen LogP contribution in [0, 0.1) is 0 Å². The number of nitrogens with one attached hydrogen (secondary N) is 2. The van der Waals surface area contributed by atoms with E-state index in [1.807, 2.05) is 13.0 Å². The van der Waals surface area contributed by atoms with Crippen LogP contribution in [0.2, 0.25) is 0 Å². The van der Waals surface area contributed by atoms with Crippen LogP contribution < -0.4 is 10.6 Å². The van der Waals surface area contributed by atoms with Crippen molar-refractivity contribution in [1.82, 2.24) is 10.6 Å². The summed E-state index contributed by atoms with van der Waals surface area (Å²) in [4.78, 5) is 4.64. The van der Waals surface area contributed by atoms with Crippen LogP contribution >= 0.6 is 24.0 Å². The number of aliphatic imine (C=N–C) groups is 1. The van der Waals surface area contributed by atoms with E-state index in [9.17, 15) is 5.11 Å². The van der Waals surface area contributed by atoms with E-state index in [4.69, 9.17) is 4.74 Å². The first-order valence-electron chi connectivity index (χ1n) is 8.60. The van der Waals surface area contributed by atoms with E-state index in [-0.39, 0.29) is 24.0 Å². The number of guanidine groups is 1. The summed E-state index contributed by atoms with van der Waals surface area (Å²) < 4.78 is 5.06. The number of fused-ring (bicyclic) bond motifs is 1. The van der Waals surface area contributed by atoms with Crippen LogP contribution in [-0.2, 0) is 24.1 Å². The summed E-state index contributed by atoms with van der Waals surface area (Å²) in [7, 11) is 1.71. The van der Waals surface area contributed by atoms with Crippen molar-refractivity contribution in [2.45, 2.75) is 45.6 Å². The molecule has 0 unspecified atom stereocenters. The largest absolute Gasteiger partial charge is 0.508 e. The van der Waals surface area contributed by atoms with Gasteiger partial charge in [0.25, 0.3) is 0 Å². The maximum Gasteiger partial charge on any atom is 0.191 e. The standard InChI is InChI=1S/C18H29N3O2.HI/c1-3-19-18(20-11-6-12-23-2)21-13-16-15-8-5-4-7-14(15)9-10-17(16)22;/h9-10,22H,3-8,11-13H2,1-2H3,(H2,19,20,21);1H. The van der Waals surface area contributed by atoms with Gasteiger partial charge < -0.3 is 20.5 Å². The van der Waals surface area contributed by atoms with Gasteiger partial charge in [0.1, 0.15) is 5.75 Å². The third kappa shape index (κ3) is 6.12. The molecule has 0 saturated carbocycles. The van der Waals surface area contributed by atoms with Crippen molar-refractivity contribution in [3.63, 3.8) is 0 Å². The van der Waals surface area contributed by atoms with E-state index in [1.54, 1.807) is 7.11 Å². The number of hydrogen-bond acceptors (Lipinski definition) is 3. The minimum absolute atomic E-state index is 0. The molecule has 1 aliphatic rings. The van der Waals surface area contributed by atoms with E-state index in [1.165, 1.54) is 24.0 Å². The molecule has 5 nitrogen and oxygen atoms in total. The molecule has 0 saturated heterocycles. The number of halogens is 1. The summed E-state index contributed by atoms with van der Waals surface area (Å²) in [5.74, 6) is 1.15. The number of aromatic hydroxyl groups is 1. The summed E-state index contributed by atoms with van der Waals surface area (Å²) in [6.07, 6.45) is 5.54. The second-order valence-corrected chi connectivity index (χ2v) is 5.88. The van der Waals surface area contributed by atoms with Gasteiger partial charge in [-0.1, -0.05) is 6.07 Å². The molecule has 0 aromatic heterocycles. The van der Waals surface area contributed by atoms with Gasteiger partial charge in [0.15, 0.2) is 5.96 Å². The Hall–Kier alpha value is -1.02. The summed E-state index contributed by atoms with van der Waals surface area (Å²) in [5.41, 5.74) is 3.66. The summed E-state index contributed by atoms with van der Waals surface area (Å²) >= 11 is 0. The van der Waals surface area contributed by atoms with Crippen molar-refractivity contribution in [2.24, 2.45) is 4.99 Å². The molecule has 136 valence electrons. The van der Waals surface area contributed by atoms with Gasteiger partial charge in [0.2, 0.25) is 0 Å². The first kappa shape index (κ1) is 21.0. The molecule has 0 heterocycles. The quantitative estimate of drug-likeness (QED) is 0.260. The molecule has 1 aromatic rings. The Morgan fingerprint density at radius 3 is 2.79 bits per heavy atom. The first-order chi connectivity index (χ1) is 11.3. The fourth-order valence-corrected chi connectivity index (χ4v) is 2.99. The SMILES string of the molecule is CCNC(=NCc1c(O)ccc2c1CCCC2)NCCCOC.I. The zero-order valence-electron chi connectivity index (χ0n) is 14.7. The van der Waals surface area contributed by atoms with E-state index >= 15 is 0 Å². The zero-order chi connectivity index (χ0) is 16.5. The average Bonchev–Trinajstić information content (AvgIpc) is 2.57. The lowest BCUT2D eigenvalue weighted by Gasteiger charge is -2.20. The lowest BCUT2D eigenvalue weighted by atomic mass is 9.88. The molecule has 1 aliphatic carbocycles. The minimum atomic E-state index is 0. The lowest BCUT2D eigenvalue weighted by molar-refractivity contribution is 0.195. The van der Waals surface area contributed by atoms with Gasteiger partial charge in [0.05, 0.1) is 6.54 Å². The molecule has 0 spiro atoms. The topological polar surface area (TPSA) is 65.9 Å². The number of phenolic OH excluding ortho intramolecular Hbond substituents is 1. The molecule has 0 atom stereocenters. The van der Waals surface area contributed by atoms with Gasteiger partial charge in [-0.3, -0.25) is 0 Å². The first-order valence-corrected chi connectivity index (χ1v) is 8.60. The van der Waals surface area contributed by atoms with Crippen molar-refractivity contribution in [2.75, 3.05) is 26.8 Å². The molecule has 24 heavy (non-hydrogen) atoms. The fourth-order valence-electron chi connectivity index (χ4n) is 2.99. The van der Waals surface area contributed by atoms with Crippen molar-refractivity contribution >= 4 is 29.9 Å². The third-order valence-electron chi connectivity index (χ3n) is 4.18. The molecular formula is C18H30IN3O2. The molecule has 0 radical (unpaired) electrons. The predicted octanol–water partition coefficient (Wildman–Crippen LogP) is 2.98. The Morgan fingerprint density at radius 2 is 2.04 bits per heavy atom. The van der Waals surface area contributed by atoms with Gasteiger partial charge >= 0.3 is 0 Å². The number of ether oxygens (including phenoxy) is 1. The summed E-state index contributed by atoms with van der Waals surface area (Å²) in [6, 6.07) is 3.87. The number of nitrogens with zero attached hydrogens (tertiary/aromatic N) is 1. The van der Waals surface area contributed by atoms with Gasteiger partial charge in [-0.2, -0.15) is 0 Å². The maximum atomic E-state index is 10.2. The second kappa shape index (κ2) is 11.5. The molecule has 2 rings (SSSR count). The molecule has 3 N–H and O–H groups in total. The molecule has 0 fully saturated rings. The molecular weight excluding hydrogens is 417 g/mol. The second-order valence-electron chi connectivity index (χ2n) is 5.88. The van der Waals surface area contributed by atoms with Gasteiger partial charge in [0, 0.05) is 32.4 Å². The summed E-state index contributed by atoms with van der Waals surface area (Å²) in [6.45, 7) is 4.93. The number of hydrogen-bond donors (Lipinski definition) is 3. The Kier molecular flexibility index (Phi) is 10.1. The highest BCUT2D eigenvalue weighted by molar-refractivity contribution is 14.0. The van der Waals surface area contributed by atoms with Crippen LogP contribution in [0.15, 0.2) is 17.1 Å². The smallest absolute Gasteiger partial charge is 0.191 e.